The number of rotatable bonds is 4. The smallest absolute Gasteiger partial charge is 0.321 e. The first kappa shape index (κ1) is 20.5. The van der Waals surface area contributed by atoms with Crippen LogP contribution in [0.5, 0.6) is 0 Å². The SMILES string of the molecule is O=C(CN1CCCN(C(=O)Nc2ccccc2I)CC1)Nc1ccc(F)cc1. The fourth-order valence-electron chi connectivity index (χ4n) is 3.03. The molecule has 0 bridgehead atoms. The summed E-state index contributed by atoms with van der Waals surface area (Å²) >= 11 is 2.19. The minimum absolute atomic E-state index is 0.123. The molecule has 1 aliphatic heterocycles. The second-order valence-corrected chi connectivity index (χ2v) is 7.74. The minimum atomic E-state index is -0.339. The number of nitrogens with zero attached hydrogens (tertiary/aromatic N) is 2. The third-order valence-electron chi connectivity index (χ3n) is 4.49. The number of amides is 3. The molecule has 3 rings (SSSR count). The number of nitrogens with one attached hydrogen (secondary N) is 2. The lowest BCUT2D eigenvalue weighted by Crippen LogP contribution is -2.39. The van der Waals surface area contributed by atoms with Crippen LogP contribution in [0.25, 0.3) is 0 Å². The number of benzene rings is 2. The molecule has 1 saturated heterocycles. The van der Waals surface area contributed by atoms with E-state index in [1.165, 1.54) is 24.3 Å². The molecular formula is C20H22FIN4O2. The summed E-state index contributed by atoms with van der Waals surface area (Å²) in [5.74, 6) is -0.488. The Labute approximate surface area is 177 Å². The first-order chi connectivity index (χ1) is 13.5. The fraction of sp³-hybridized carbons (Fsp3) is 0.300. The van der Waals surface area contributed by atoms with Gasteiger partial charge in [-0.2, -0.15) is 0 Å². The van der Waals surface area contributed by atoms with Crippen LogP contribution in [0.15, 0.2) is 48.5 Å². The Morgan fingerprint density at radius 1 is 0.964 bits per heavy atom. The van der Waals surface area contributed by atoms with Gasteiger partial charge in [0.05, 0.1) is 12.2 Å². The van der Waals surface area contributed by atoms with Crippen molar-refractivity contribution < 1.29 is 14.0 Å². The molecule has 0 unspecified atom stereocenters. The zero-order valence-electron chi connectivity index (χ0n) is 15.3. The first-order valence-corrected chi connectivity index (χ1v) is 10.2. The highest BCUT2D eigenvalue weighted by atomic mass is 127. The van der Waals surface area contributed by atoms with Crippen molar-refractivity contribution in [1.82, 2.24) is 9.80 Å². The molecule has 3 amide bonds. The molecule has 2 aromatic carbocycles. The lowest BCUT2D eigenvalue weighted by atomic mass is 10.3. The van der Waals surface area contributed by atoms with Crippen LogP contribution in [0.4, 0.5) is 20.6 Å². The van der Waals surface area contributed by atoms with Gasteiger partial charge in [0.2, 0.25) is 5.91 Å². The van der Waals surface area contributed by atoms with E-state index in [2.05, 4.69) is 33.2 Å². The number of anilines is 2. The van der Waals surface area contributed by atoms with Gasteiger partial charge in [-0.1, -0.05) is 12.1 Å². The van der Waals surface area contributed by atoms with Gasteiger partial charge in [-0.25, -0.2) is 9.18 Å². The van der Waals surface area contributed by atoms with Crippen LogP contribution in [0.2, 0.25) is 0 Å². The van der Waals surface area contributed by atoms with Crippen LogP contribution in [0.3, 0.4) is 0 Å². The third-order valence-corrected chi connectivity index (χ3v) is 5.43. The summed E-state index contributed by atoms with van der Waals surface area (Å²) in [5.41, 5.74) is 1.37. The van der Waals surface area contributed by atoms with Crippen molar-refractivity contribution >= 4 is 45.9 Å². The summed E-state index contributed by atoms with van der Waals surface area (Å²) in [6.07, 6.45) is 0.795. The monoisotopic (exact) mass is 496 g/mol. The van der Waals surface area contributed by atoms with E-state index in [0.29, 0.717) is 25.3 Å². The van der Waals surface area contributed by atoms with Crippen molar-refractivity contribution in [3.8, 4) is 0 Å². The maximum Gasteiger partial charge on any atom is 0.321 e. The molecule has 0 aromatic heterocycles. The number of carbonyl (C=O) groups excluding carboxylic acids is 2. The molecule has 1 heterocycles. The summed E-state index contributed by atoms with van der Waals surface area (Å²) in [4.78, 5) is 28.6. The molecule has 148 valence electrons. The predicted octanol–water partition coefficient (Wildman–Crippen LogP) is 3.61. The largest absolute Gasteiger partial charge is 0.325 e. The standard InChI is InChI=1S/C20H22FIN4O2/c21-15-6-8-16(9-7-15)23-19(27)14-25-10-3-11-26(13-12-25)20(28)24-18-5-2-1-4-17(18)22/h1-2,4-9H,3,10-14H2,(H,23,27)(H,24,28). The molecule has 2 aromatic rings. The number of carbonyl (C=O) groups is 2. The minimum Gasteiger partial charge on any atom is -0.325 e. The van der Waals surface area contributed by atoms with Gasteiger partial charge in [0.25, 0.3) is 0 Å². The van der Waals surface area contributed by atoms with E-state index < -0.39 is 0 Å². The summed E-state index contributed by atoms with van der Waals surface area (Å²) in [6, 6.07) is 13.2. The second kappa shape index (κ2) is 9.83. The Hall–Kier alpha value is -2.20. The van der Waals surface area contributed by atoms with E-state index in [0.717, 1.165) is 22.2 Å². The van der Waals surface area contributed by atoms with E-state index in [1.54, 1.807) is 4.90 Å². The maximum atomic E-state index is 12.9. The molecule has 2 N–H and O–H groups in total. The Balaban J connectivity index is 1.48. The number of para-hydroxylation sites is 1. The van der Waals surface area contributed by atoms with Gasteiger partial charge in [-0.3, -0.25) is 9.69 Å². The molecule has 8 heteroatoms. The van der Waals surface area contributed by atoms with E-state index in [-0.39, 0.29) is 24.3 Å². The average Bonchev–Trinajstić information content (AvgIpc) is 2.91. The average molecular weight is 496 g/mol. The van der Waals surface area contributed by atoms with E-state index in [9.17, 15) is 14.0 Å². The topological polar surface area (TPSA) is 64.7 Å². The molecule has 0 atom stereocenters. The van der Waals surface area contributed by atoms with E-state index >= 15 is 0 Å². The summed E-state index contributed by atoms with van der Waals surface area (Å²) in [5, 5.41) is 5.72. The zero-order valence-corrected chi connectivity index (χ0v) is 17.5. The molecule has 1 aliphatic rings. The fourth-order valence-corrected chi connectivity index (χ4v) is 3.55. The summed E-state index contributed by atoms with van der Waals surface area (Å²) in [7, 11) is 0. The molecule has 0 radical (unpaired) electrons. The maximum absolute atomic E-state index is 12.9. The highest BCUT2D eigenvalue weighted by Gasteiger charge is 2.21. The molecule has 0 spiro atoms. The van der Waals surface area contributed by atoms with Crippen molar-refractivity contribution in [1.29, 1.82) is 0 Å². The predicted molar refractivity (Wildman–Crippen MR) is 116 cm³/mol. The van der Waals surface area contributed by atoms with E-state index in [4.69, 9.17) is 0 Å². The van der Waals surface area contributed by atoms with Gasteiger partial charge in [-0.05, 0) is 65.4 Å². The van der Waals surface area contributed by atoms with Crippen LogP contribution in [-0.2, 0) is 4.79 Å². The highest BCUT2D eigenvalue weighted by Crippen LogP contribution is 2.18. The Morgan fingerprint density at radius 3 is 2.46 bits per heavy atom. The molecule has 0 aliphatic carbocycles. The van der Waals surface area contributed by atoms with Crippen molar-refractivity contribution in [3.63, 3.8) is 0 Å². The van der Waals surface area contributed by atoms with Crippen molar-refractivity contribution in [2.75, 3.05) is 43.4 Å². The quantitative estimate of drug-likeness (QED) is 0.636. The van der Waals surface area contributed by atoms with Gasteiger partial charge in [0.1, 0.15) is 5.82 Å². The van der Waals surface area contributed by atoms with Crippen LogP contribution in [0.1, 0.15) is 6.42 Å². The Kier molecular flexibility index (Phi) is 7.21. The second-order valence-electron chi connectivity index (χ2n) is 6.58. The zero-order chi connectivity index (χ0) is 19.9. The van der Waals surface area contributed by atoms with Crippen molar-refractivity contribution in [2.24, 2.45) is 0 Å². The molecule has 0 saturated carbocycles. The summed E-state index contributed by atoms with van der Waals surface area (Å²) in [6.45, 7) is 2.80. The molecule has 1 fully saturated rings. The van der Waals surface area contributed by atoms with Gasteiger partial charge >= 0.3 is 6.03 Å². The number of halogens is 2. The third kappa shape index (κ3) is 5.90. The van der Waals surface area contributed by atoms with Crippen molar-refractivity contribution in [3.05, 3.63) is 57.9 Å². The number of hydrogen-bond donors (Lipinski definition) is 2. The van der Waals surface area contributed by atoms with Gasteiger partial charge in [0.15, 0.2) is 0 Å². The molecular weight excluding hydrogens is 474 g/mol. The highest BCUT2D eigenvalue weighted by molar-refractivity contribution is 14.1. The van der Waals surface area contributed by atoms with Crippen molar-refractivity contribution in [2.45, 2.75) is 6.42 Å². The van der Waals surface area contributed by atoms with Gasteiger partial charge < -0.3 is 15.5 Å². The first-order valence-electron chi connectivity index (χ1n) is 9.09. The Morgan fingerprint density at radius 2 is 1.71 bits per heavy atom. The van der Waals surface area contributed by atoms with Crippen LogP contribution in [0, 0.1) is 9.39 Å². The van der Waals surface area contributed by atoms with Gasteiger partial charge in [0, 0.05) is 35.4 Å². The molecule has 6 nitrogen and oxygen atoms in total. The normalized spacial score (nSPS) is 15.0. The van der Waals surface area contributed by atoms with Gasteiger partial charge in [-0.15, -0.1) is 0 Å². The number of hydrogen-bond acceptors (Lipinski definition) is 3. The van der Waals surface area contributed by atoms with Crippen LogP contribution in [-0.4, -0.2) is 54.5 Å². The van der Waals surface area contributed by atoms with Crippen LogP contribution >= 0.6 is 22.6 Å². The molecule has 28 heavy (non-hydrogen) atoms. The van der Waals surface area contributed by atoms with E-state index in [1.807, 2.05) is 29.2 Å². The lowest BCUT2D eigenvalue weighted by Gasteiger charge is -2.22. The summed E-state index contributed by atoms with van der Waals surface area (Å²) < 4.78 is 13.9. The van der Waals surface area contributed by atoms with Crippen LogP contribution < -0.4 is 10.6 Å². The lowest BCUT2D eigenvalue weighted by molar-refractivity contribution is -0.117. The Bertz CT molecular complexity index is 831. The number of urea groups is 1.